The Morgan fingerprint density at radius 2 is 2.11 bits per heavy atom. The van der Waals surface area contributed by atoms with Gasteiger partial charge in [0.25, 0.3) is 0 Å². The zero-order valence-corrected chi connectivity index (χ0v) is 11.8. The summed E-state index contributed by atoms with van der Waals surface area (Å²) in [6.07, 6.45) is -0.683. The predicted octanol–water partition coefficient (Wildman–Crippen LogP) is 0.661. The summed E-state index contributed by atoms with van der Waals surface area (Å²) in [5.74, 6) is 0.419. The minimum Gasteiger partial charge on any atom is -0.398 e. The maximum atomic E-state index is 11.5. The van der Waals surface area contributed by atoms with Crippen LogP contribution >= 0.6 is 11.8 Å². The molecule has 0 aliphatic heterocycles. The molecular weight excluding hydrogens is 272 g/mol. The molecule has 0 spiro atoms. The quantitative estimate of drug-likeness (QED) is 0.507. The van der Waals surface area contributed by atoms with Crippen LogP contribution in [-0.2, 0) is 10.0 Å². The molecule has 18 heavy (non-hydrogen) atoms. The van der Waals surface area contributed by atoms with Crippen LogP contribution in [-0.4, -0.2) is 37.7 Å². The molecule has 1 atom stereocenters. The van der Waals surface area contributed by atoms with Gasteiger partial charge < -0.3 is 10.8 Å². The lowest BCUT2D eigenvalue weighted by molar-refractivity contribution is 0.198. The molecule has 0 aliphatic rings. The van der Waals surface area contributed by atoms with Crippen molar-refractivity contribution < 1.29 is 13.5 Å². The summed E-state index contributed by atoms with van der Waals surface area (Å²) in [5, 5.41) is 9.01. The zero-order chi connectivity index (χ0) is 13.6. The lowest BCUT2D eigenvalue weighted by Gasteiger charge is -2.08. The Bertz CT molecular complexity index is 475. The van der Waals surface area contributed by atoms with Gasteiger partial charge in [-0.3, -0.25) is 0 Å². The maximum absolute atomic E-state index is 11.5. The Morgan fingerprint density at radius 3 is 2.72 bits per heavy atom. The van der Waals surface area contributed by atoms with Gasteiger partial charge in [-0.2, -0.15) is 0 Å². The van der Waals surface area contributed by atoms with Crippen molar-refractivity contribution in [2.75, 3.05) is 23.8 Å². The summed E-state index contributed by atoms with van der Waals surface area (Å²) in [5.41, 5.74) is 6.40. The minimum absolute atomic E-state index is 0.00127. The van der Waals surface area contributed by atoms with E-state index in [0.717, 1.165) is 4.90 Å². The fourth-order valence-electron chi connectivity index (χ4n) is 1.19. The summed E-state index contributed by atoms with van der Waals surface area (Å²) in [7, 11) is -3.33. The number of rotatable bonds is 7. The van der Waals surface area contributed by atoms with Crippen LogP contribution in [0.15, 0.2) is 29.2 Å². The van der Waals surface area contributed by atoms with Crippen molar-refractivity contribution in [3.63, 3.8) is 0 Å². The lowest BCUT2D eigenvalue weighted by atomic mass is 10.3. The average molecular weight is 290 g/mol. The van der Waals surface area contributed by atoms with E-state index in [1.807, 2.05) is 18.2 Å². The first-order valence-corrected chi connectivity index (χ1v) is 8.17. The second kappa shape index (κ2) is 6.98. The number of para-hydroxylation sites is 1. The molecule has 0 unspecified atom stereocenters. The Kier molecular flexibility index (Phi) is 5.94. The molecule has 0 saturated heterocycles. The Morgan fingerprint density at radius 1 is 1.44 bits per heavy atom. The van der Waals surface area contributed by atoms with Crippen molar-refractivity contribution in [3.8, 4) is 0 Å². The highest BCUT2D eigenvalue weighted by Crippen LogP contribution is 2.24. The van der Waals surface area contributed by atoms with Crippen LogP contribution in [0.1, 0.15) is 6.92 Å². The van der Waals surface area contributed by atoms with E-state index < -0.39 is 16.1 Å². The van der Waals surface area contributed by atoms with Gasteiger partial charge in [0.15, 0.2) is 0 Å². The van der Waals surface area contributed by atoms with E-state index in [2.05, 4.69) is 4.72 Å². The van der Waals surface area contributed by atoms with Gasteiger partial charge in [-0.1, -0.05) is 12.1 Å². The number of hydrogen-bond donors (Lipinski definition) is 3. The number of sulfonamides is 1. The lowest BCUT2D eigenvalue weighted by Crippen LogP contribution is -2.33. The first kappa shape index (κ1) is 15.3. The summed E-state index contributed by atoms with van der Waals surface area (Å²) in [4.78, 5) is 0.878. The monoisotopic (exact) mass is 290 g/mol. The van der Waals surface area contributed by atoms with Crippen molar-refractivity contribution in [1.82, 2.24) is 4.72 Å². The van der Waals surface area contributed by atoms with E-state index in [-0.39, 0.29) is 12.3 Å². The standard InChI is InChI=1S/C11H18N2O3S2/c1-9(14)8-13-18(15,16)7-6-17-11-5-3-2-4-10(11)12/h2-5,9,13-14H,6-8,12H2,1H3/t9-/m0/s1. The van der Waals surface area contributed by atoms with Crippen molar-refractivity contribution >= 4 is 27.5 Å². The highest BCUT2D eigenvalue weighted by Gasteiger charge is 2.11. The van der Waals surface area contributed by atoms with Crippen molar-refractivity contribution in [1.29, 1.82) is 0 Å². The predicted molar refractivity (Wildman–Crippen MR) is 75.0 cm³/mol. The third-order valence-electron chi connectivity index (χ3n) is 2.13. The first-order valence-electron chi connectivity index (χ1n) is 5.53. The van der Waals surface area contributed by atoms with Crippen LogP contribution in [0.25, 0.3) is 0 Å². The summed E-state index contributed by atoms with van der Waals surface area (Å²) in [6, 6.07) is 7.33. The van der Waals surface area contributed by atoms with Crippen LogP contribution in [0.3, 0.4) is 0 Å². The summed E-state index contributed by atoms with van der Waals surface area (Å²) in [6.45, 7) is 1.57. The van der Waals surface area contributed by atoms with Gasteiger partial charge in [0.2, 0.25) is 10.0 Å². The van der Waals surface area contributed by atoms with E-state index >= 15 is 0 Å². The molecule has 1 aromatic carbocycles. The van der Waals surface area contributed by atoms with Crippen LogP contribution in [0.2, 0.25) is 0 Å². The number of aliphatic hydroxyl groups is 1. The van der Waals surface area contributed by atoms with Gasteiger partial charge >= 0.3 is 0 Å². The molecule has 4 N–H and O–H groups in total. The van der Waals surface area contributed by atoms with Crippen LogP contribution in [0.5, 0.6) is 0 Å². The number of benzene rings is 1. The van der Waals surface area contributed by atoms with Crippen molar-refractivity contribution in [2.45, 2.75) is 17.9 Å². The molecule has 102 valence electrons. The molecular formula is C11H18N2O3S2. The van der Waals surface area contributed by atoms with E-state index in [4.69, 9.17) is 10.8 Å². The average Bonchev–Trinajstić information content (AvgIpc) is 2.29. The molecule has 0 aliphatic carbocycles. The molecule has 0 heterocycles. The number of nitrogens with one attached hydrogen (secondary N) is 1. The maximum Gasteiger partial charge on any atom is 0.212 e. The van der Waals surface area contributed by atoms with Gasteiger partial charge in [-0.15, -0.1) is 11.8 Å². The normalized spacial score (nSPS) is 13.4. The fraction of sp³-hybridized carbons (Fsp3) is 0.455. The third kappa shape index (κ3) is 5.72. The number of aliphatic hydroxyl groups excluding tert-OH is 1. The van der Waals surface area contributed by atoms with Gasteiger partial charge in [0.05, 0.1) is 11.9 Å². The Balaban J connectivity index is 2.40. The van der Waals surface area contributed by atoms with E-state index in [9.17, 15) is 8.42 Å². The van der Waals surface area contributed by atoms with Crippen LogP contribution < -0.4 is 10.5 Å². The van der Waals surface area contributed by atoms with Gasteiger partial charge in [0.1, 0.15) is 0 Å². The molecule has 0 radical (unpaired) electrons. The van der Waals surface area contributed by atoms with E-state index in [1.54, 1.807) is 6.07 Å². The Hall–Kier alpha value is -0.760. The molecule has 0 bridgehead atoms. The molecule has 0 aromatic heterocycles. The highest BCUT2D eigenvalue weighted by molar-refractivity contribution is 8.00. The molecule has 7 heteroatoms. The first-order chi connectivity index (χ1) is 8.41. The molecule has 5 nitrogen and oxygen atoms in total. The topological polar surface area (TPSA) is 92.4 Å². The fourth-order valence-corrected chi connectivity index (χ4v) is 3.67. The smallest absolute Gasteiger partial charge is 0.212 e. The number of hydrogen-bond acceptors (Lipinski definition) is 5. The zero-order valence-electron chi connectivity index (χ0n) is 10.2. The minimum atomic E-state index is -3.33. The van der Waals surface area contributed by atoms with Gasteiger partial charge in [0, 0.05) is 22.9 Å². The molecule has 1 rings (SSSR count). The van der Waals surface area contributed by atoms with Crippen LogP contribution in [0.4, 0.5) is 5.69 Å². The summed E-state index contributed by atoms with van der Waals surface area (Å²) >= 11 is 1.40. The molecule has 0 amide bonds. The van der Waals surface area contributed by atoms with Gasteiger partial charge in [-0.05, 0) is 19.1 Å². The van der Waals surface area contributed by atoms with Crippen molar-refractivity contribution in [2.24, 2.45) is 0 Å². The largest absolute Gasteiger partial charge is 0.398 e. The summed E-state index contributed by atoms with van der Waals surface area (Å²) < 4.78 is 25.4. The SMILES string of the molecule is C[C@H](O)CNS(=O)(=O)CCSc1ccccc1N. The van der Waals surface area contributed by atoms with E-state index in [0.29, 0.717) is 11.4 Å². The third-order valence-corrected chi connectivity index (χ3v) is 4.82. The van der Waals surface area contributed by atoms with Crippen molar-refractivity contribution in [3.05, 3.63) is 24.3 Å². The number of thioether (sulfide) groups is 1. The van der Waals surface area contributed by atoms with Gasteiger partial charge in [-0.25, -0.2) is 13.1 Å². The number of nitrogens with two attached hydrogens (primary N) is 1. The van der Waals surface area contributed by atoms with E-state index in [1.165, 1.54) is 18.7 Å². The number of anilines is 1. The van der Waals surface area contributed by atoms with Crippen LogP contribution in [0, 0.1) is 0 Å². The second-order valence-corrected chi connectivity index (χ2v) is 6.97. The Labute approximate surface area is 112 Å². The highest BCUT2D eigenvalue weighted by atomic mass is 32.2. The second-order valence-electron chi connectivity index (χ2n) is 3.90. The molecule has 0 saturated carbocycles. The molecule has 0 fully saturated rings. The number of nitrogen functional groups attached to an aromatic ring is 1. The molecule has 1 aromatic rings.